The first-order chi connectivity index (χ1) is 12.0. The largest absolute Gasteiger partial charge is 0.493 e. The van der Waals surface area contributed by atoms with Gasteiger partial charge < -0.3 is 14.8 Å². The molecule has 2 aromatic carbocycles. The predicted octanol–water partition coefficient (Wildman–Crippen LogP) is 4.30. The van der Waals surface area contributed by atoms with Crippen molar-refractivity contribution >= 4 is 27.3 Å². The van der Waals surface area contributed by atoms with Gasteiger partial charge in [0, 0.05) is 16.6 Å². The predicted molar refractivity (Wildman–Crippen MR) is 97.2 cm³/mol. The van der Waals surface area contributed by atoms with Crippen LogP contribution in [0.15, 0.2) is 36.4 Å². The van der Waals surface area contributed by atoms with E-state index in [1.807, 2.05) is 18.2 Å². The lowest BCUT2D eigenvalue weighted by molar-refractivity contribution is 0.0954. The first kappa shape index (κ1) is 17.2. The number of aryl methyl sites for hydroxylation is 1. The first-order valence-electron chi connectivity index (χ1n) is 7.72. The summed E-state index contributed by atoms with van der Waals surface area (Å²) in [7, 11) is 3.14. The summed E-state index contributed by atoms with van der Waals surface area (Å²) in [6.07, 6.45) is 0. The van der Waals surface area contributed by atoms with E-state index < -0.39 is 0 Å². The summed E-state index contributed by atoms with van der Waals surface area (Å²) in [4.78, 5) is 13.0. The minimum absolute atomic E-state index is 0.215. The van der Waals surface area contributed by atoms with Gasteiger partial charge in [0.1, 0.15) is 5.82 Å². The maximum Gasteiger partial charge on any atom is 0.261 e. The fourth-order valence-electron chi connectivity index (χ4n) is 2.72. The van der Waals surface area contributed by atoms with E-state index in [9.17, 15) is 9.18 Å². The molecule has 25 heavy (non-hydrogen) atoms. The summed E-state index contributed by atoms with van der Waals surface area (Å²) in [6, 6.07) is 10.4. The molecule has 3 rings (SSSR count). The summed E-state index contributed by atoms with van der Waals surface area (Å²) < 4.78 is 25.2. The van der Waals surface area contributed by atoms with Crippen molar-refractivity contribution in [2.45, 2.75) is 13.5 Å². The van der Waals surface area contributed by atoms with Crippen LogP contribution in [-0.4, -0.2) is 20.1 Å². The molecular formula is C19H18FNO3S. The normalized spacial score (nSPS) is 10.7. The van der Waals surface area contributed by atoms with Crippen LogP contribution < -0.4 is 14.8 Å². The number of rotatable bonds is 5. The number of nitrogens with one attached hydrogen (secondary N) is 1. The van der Waals surface area contributed by atoms with Crippen molar-refractivity contribution in [2.75, 3.05) is 14.2 Å². The van der Waals surface area contributed by atoms with Crippen molar-refractivity contribution < 1.29 is 18.7 Å². The fraction of sp³-hybridized carbons (Fsp3) is 0.211. The monoisotopic (exact) mass is 359 g/mol. The molecule has 1 aromatic heterocycles. The van der Waals surface area contributed by atoms with E-state index in [1.165, 1.54) is 17.4 Å². The average Bonchev–Trinajstić information content (AvgIpc) is 2.97. The van der Waals surface area contributed by atoms with Gasteiger partial charge in [0.15, 0.2) is 11.5 Å². The molecule has 0 bridgehead atoms. The van der Waals surface area contributed by atoms with E-state index in [2.05, 4.69) is 5.32 Å². The van der Waals surface area contributed by atoms with E-state index in [-0.39, 0.29) is 11.7 Å². The van der Waals surface area contributed by atoms with Gasteiger partial charge in [-0.15, -0.1) is 11.3 Å². The second-order valence-electron chi connectivity index (χ2n) is 5.54. The number of ether oxygens (including phenoxy) is 2. The molecule has 0 spiro atoms. The van der Waals surface area contributed by atoms with Crippen molar-refractivity contribution in [1.82, 2.24) is 5.32 Å². The van der Waals surface area contributed by atoms with Crippen molar-refractivity contribution in [1.29, 1.82) is 0 Å². The standard InChI is InChI=1S/C19H18FNO3S/c1-11-17-13(20)5-4-6-16(17)25-18(11)19(22)21-10-12-7-8-14(23-2)15(9-12)24-3/h4-9H,10H2,1-3H3,(H,21,22). The summed E-state index contributed by atoms with van der Waals surface area (Å²) in [5.41, 5.74) is 1.55. The van der Waals surface area contributed by atoms with Gasteiger partial charge in [-0.1, -0.05) is 12.1 Å². The van der Waals surface area contributed by atoms with Crippen LogP contribution in [0.2, 0.25) is 0 Å². The minimum Gasteiger partial charge on any atom is -0.493 e. The number of carbonyl (C=O) groups is 1. The van der Waals surface area contributed by atoms with E-state index in [0.29, 0.717) is 33.9 Å². The van der Waals surface area contributed by atoms with Gasteiger partial charge in [0.05, 0.1) is 19.1 Å². The first-order valence-corrected chi connectivity index (χ1v) is 8.53. The van der Waals surface area contributed by atoms with Crippen LogP contribution in [-0.2, 0) is 6.54 Å². The second-order valence-corrected chi connectivity index (χ2v) is 6.59. The van der Waals surface area contributed by atoms with Gasteiger partial charge in [-0.05, 0) is 42.3 Å². The van der Waals surface area contributed by atoms with Crippen molar-refractivity contribution in [3.05, 3.63) is 58.2 Å². The van der Waals surface area contributed by atoms with E-state index >= 15 is 0 Å². The zero-order valence-corrected chi connectivity index (χ0v) is 15.0. The molecule has 0 fully saturated rings. The van der Waals surface area contributed by atoms with Crippen LogP contribution in [0, 0.1) is 12.7 Å². The Hall–Kier alpha value is -2.60. The molecule has 130 valence electrons. The molecule has 0 unspecified atom stereocenters. The topological polar surface area (TPSA) is 47.6 Å². The molecule has 4 nitrogen and oxygen atoms in total. The molecule has 1 N–H and O–H groups in total. The highest BCUT2D eigenvalue weighted by Crippen LogP contribution is 2.32. The Bertz CT molecular complexity index is 936. The number of methoxy groups -OCH3 is 2. The number of amides is 1. The molecule has 0 aliphatic heterocycles. The van der Waals surface area contributed by atoms with Gasteiger partial charge >= 0.3 is 0 Å². The molecule has 3 aromatic rings. The van der Waals surface area contributed by atoms with Crippen LogP contribution >= 0.6 is 11.3 Å². The fourth-order valence-corrected chi connectivity index (χ4v) is 3.86. The maximum absolute atomic E-state index is 14.0. The lowest BCUT2D eigenvalue weighted by atomic mass is 10.1. The number of fused-ring (bicyclic) bond motifs is 1. The lowest BCUT2D eigenvalue weighted by Crippen LogP contribution is -2.22. The molecule has 1 amide bonds. The minimum atomic E-state index is -0.301. The summed E-state index contributed by atoms with van der Waals surface area (Å²) in [5.74, 6) is 0.723. The Labute approximate surface area is 149 Å². The van der Waals surface area contributed by atoms with Crippen LogP contribution in [0.1, 0.15) is 20.8 Å². The third-order valence-corrected chi connectivity index (χ3v) is 5.27. The number of halogens is 1. The molecular weight excluding hydrogens is 341 g/mol. The third-order valence-electron chi connectivity index (χ3n) is 4.01. The molecule has 1 heterocycles. The summed E-state index contributed by atoms with van der Waals surface area (Å²) in [6.45, 7) is 2.11. The number of benzene rings is 2. The maximum atomic E-state index is 14.0. The lowest BCUT2D eigenvalue weighted by Gasteiger charge is -2.10. The molecule has 0 saturated carbocycles. The summed E-state index contributed by atoms with van der Waals surface area (Å²) in [5, 5.41) is 3.40. The molecule has 0 radical (unpaired) electrons. The number of hydrogen-bond donors (Lipinski definition) is 1. The zero-order chi connectivity index (χ0) is 18.0. The van der Waals surface area contributed by atoms with E-state index in [1.54, 1.807) is 33.3 Å². The van der Waals surface area contributed by atoms with E-state index in [4.69, 9.17) is 9.47 Å². The molecule has 0 atom stereocenters. The van der Waals surface area contributed by atoms with E-state index in [0.717, 1.165) is 10.3 Å². The average molecular weight is 359 g/mol. The Balaban J connectivity index is 1.79. The van der Waals surface area contributed by atoms with Gasteiger partial charge in [0.2, 0.25) is 0 Å². The summed E-state index contributed by atoms with van der Waals surface area (Å²) >= 11 is 1.30. The van der Waals surface area contributed by atoms with Crippen molar-refractivity contribution in [2.24, 2.45) is 0 Å². The van der Waals surface area contributed by atoms with Gasteiger partial charge in [-0.3, -0.25) is 4.79 Å². The van der Waals surface area contributed by atoms with Crippen molar-refractivity contribution in [3.8, 4) is 11.5 Å². The number of hydrogen-bond acceptors (Lipinski definition) is 4. The van der Waals surface area contributed by atoms with Crippen LogP contribution in [0.4, 0.5) is 4.39 Å². The van der Waals surface area contributed by atoms with Crippen LogP contribution in [0.5, 0.6) is 11.5 Å². The Kier molecular flexibility index (Phi) is 4.90. The molecule has 0 aliphatic carbocycles. The van der Waals surface area contributed by atoms with Crippen LogP contribution in [0.3, 0.4) is 0 Å². The van der Waals surface area contributed by atoms with Gasteiger partial charge in [-0.2, -0.15) is 0 Å². The second kappa shape index (κ2) is 7.11. The number of carbonyl (C=O) groups excluding carboxylic acids is 1. The zero-order valence-electron chi connectivity index (χ0n) is 14.2. The molecule has 6 heteroatoms. The highest BCUT2D eigenvalue weighted by Gasteiger charge is 2.17. The Morgan fingerprint density at radius 3 is 2.60 bits per heavy atom. The smallest absolute Gasteiger partial charge is 0.261 e. The highest BCUT2D eigenvalue weighted by atomic mass is 32.1. The van der Waals surface area contributed by atoms with Gasteiger partial charge in [-0.25, -0.2) is 4.39 Å². The third kappa shape index (κ3) is 3.30. The van der Waals surface area contributed by atoms with Crippen LogP contribution in [0.25, 0.3) is 10.1 Å². The Morgan fingerprint density at radius 2 is 1.92 bits per heavy atom. The molecule has 0 saturated heterocycles. The SMILES string of the molecule is COc1ccc(CNC(=O)c2sc3cccc(F)c3c2C)cc1OC. The quantitative estimate of drug-likeness (QED) is 0.739. The van der Waals surface area contributed by atoms with Crippen molar-refractivity contribution in [3.63, 3.8) is 0 Å². The van der Waals surface area contributed by atoms with Gasteiger partial charge in [0.25, 0.3) is 5.91 Å². The highest BCUT2D eigenvalue weighted by molar-refractivity contribution is 7.21. The Morgan fingerprint density at radius 1 is 1.16 bits per heavy atom. The number of thiophene rings is 1. The molecule has 0 aliphatic rings.